The summed E-state index contributed by atoms with van der Waals surface area (Å²) in [7, 11) is 2.08. The molecule has 1 N–H and O–H groups in total. The molecule has 4 nitrogen and oxygen atoms in total. The Morgan fingerprint density at radius 3 is 2.94 bits per heavy atom. The Balaban J connectivity index is 1.87. The number of hydrogen-bond donors (Lipinski definition) is 1. The van der Waals surface area contributed by atoms with Gasteiger partial charge in [-0.05, 0) is 38.0 Å². The van der Waals surface area contributed by atoms with Gasteiger partial charge >= 0.3 is 0 Å². The average molecular weight is 289 g/mol. The number of likely N-dealkylation sites (N-methyl/N-ethyl adjacent to an activating group) is 1. The van der Waals surface area contributed by atoms with Crippen LogP contribution >= 0.6 is 23.2 Å². The zero-order chi connectivity index (χ0) is 13.0. The van der Waals surface area contributed by atoms with E-state index in [0.717, 1.165) is 25.2 Å². The van der Waals surface area contributed by atoms with Crippen LogP contribution in [0, 0.1) is 0 Å². The van der Waals surface area contributed by atoms with Crippen molar-refractivity contribution in [2.75, 3.05) is 20.1 Å². The number of halogens is 2. The Morgan fingerprint density at radius 2 is 2.28 bits per heavy atom. The number of rotatable bonds is 4. The molecule has 0 spiro atoms. The van der Waals surface area contributed by atoms with Gasteiger partial charge in [-0.3, -0.25) is 0 Å². The smallest absolute Gasteiger partial charge is 0.223 e. The molecule has 0 aliphatic carbocycles. The molecule has 18 heavy (non-hydrogen) atoms. The van der Waals surface area contributed by atoms with E-state index in [1.165, 1.54) is 19.3 Å². The monoisotopic (exact) mass is 288 g/mol. The highest BCUT2D eigenvalue weighted by Crippen LogP contribution is 2.16. The second kappa shape index (κ2) is 6.66. The third kappa shape index (κ3) is 4.05. The van der Waals surface area contributed by atoms with Crippen LogP contribution in [0.2, 0.25) is 10.4 Å². The highest BCUT2D eigenvalue weighted by atomic mass is 35.5. The van der Waals surface area contributed by atoms with Gasteiger partial charge in [0.15, 0.2) is 0 Å². The van der Waals surface area contributed by atoms with E-state index in [1.807, 2.05) is 0 Å². The summed E-state index contributed by atoms with van der Waals surface area (Å²) in [6, 6.07) is 0.579. The van der Waals surface area contributed by atoms with Crippen LogP contribution in [-0.2, 0) is 6.54 Å². The van der Waals surface area contributed by atoms with Gasteiger partial charge < -0.3 is 10.2 Å². The van der Waals surface area contributed by atoms with E-state index in [-0.39, 0.29) is 5.28 Å². The van der Waals surface area contributed by atoms with Gasteiger partial charge in [0, 0.05) is 30.9 Å². The SMILES string of the molecule is CN(Cc1cnc(Cl)nc1Cl)CC1CCCCN1. The Kier molecular flexibility index (Phi) is 5.18. The zero-order valence-corrected chi connectivity index (χ0v) is 12.0. The largest absolute Gasteiger partial charge is 0.313 e. The van der Waals surface area contributed by atoms with Crippen LogP contribution in [0.3, 0.4) is 0 Å². The van der Waals surface area contributed by atoms with Gasteiger partial charge in [0.2, 0.25) is 5.28 Å². The standard InChI is InChI=1S/C12H18Cl2N4/c1-18(8-10-4-2-3-5-15-10)7-9-6-16-12(14)17-11(9)13/h6,10,15H,2-5,7-8H2,1H3. The van der Waals surface area contributed by atoms with Crippen LogP contribution < -0.4 is 5.32 Å². The van der Waals surface area contributed by atoms with Crippen molar-refractivity contribution >= 4 is 23.2 Å². The van der Waals surface area contributed by atoms with Crippen molar-refractivity contribution in [2.24, 2.45) is 0 Å². The van der Waals surface area contributed by atoms with Crippen LogP contribution in [-0.4, -0.2) is 41.0 Å². The number of hydrogen-bond acceptors (Lipinski definition) is 4. The van der Waals surface area contributed by atoms with Gasteiger partial charge in [0.1, 0.15) is 5.15 Å². The Labute approximate surface area is 118 Å². The van der Waals surface area contributed by atoms with Crippen LogP contribution in [0.4, 0.5) is 0 Å². The first-order valence-electron chi connectivity index (χ1n) is 6.24. The lowest BCUT2D eigenvalue weighted by Crippen LogP contribution is -2.42. The first-order chi connectivity index (χ1) is 8.65. The fourth-order valence-corrected chi connectivity index (χ4v) is 2.65. The van der Waals surface area contributed by atoms with E-state index in [4.69, 9.17) is 23.2 Å². The average Bonchev–Trinajstić information content (AvgIpc) is 2.34. The van der Waals surface area contributed by atoms with E-state index < -0.39 is 0 Å². The lowest BCUT2D eigenvalue weighted by Gasteiger charge is -2.28. The van der Waals surface area contributed by atoms with Crippen LogP contribution in [0.25, 0.3) is 0 Å². The summed E-state index contributed by atoms with van der Waals surface area (Å²) in [6.45, 7) is 2.89. The van der Waals surface area contributed by atoms with Crippen LogP contribution in [0.1, 0.15) is 24.8 Å². The molecule has 100 valence electrons. The molecule has 0 aromatic carbocycles. The molecule has 1 aliphatic heterocycles. The molecule has 1 saturated heterocycles. The van der Waals surface area contributed by atoms with Gasteiger partial charge in [-0.15, -0.1) is 0 Å². The molecule has 2 heterocycles. The third-order valence-corrected chi connectivity index (χ3v) is 3.68. The second-order valence-electron chi connectivity index (χ2n) is 4.80. The Morgan fingerprint density at radius 1 is 1.44 bits per heavy atom. The minimum Gasteiger partial charge on any atom is -0.313 e. The molecule has 1 aromatic heterocycles. The van der Waals surface area contributed by atoms with E-state index in [2.05, 4.69) is 27.2 Å². The van der Waals surface area contributed by atoms with Gasteiger partial charge in [-0.1, -0.05) is 18.0 Å². The van der Waals surface area contributed by atoms with E-state index in [0.29, 0.717) is 11.2 Å². The molecule has 1 unspecified atom stereocenters. The highest BCUT2D eigenvalue weighted by molar-refractivity contribution is 6.32. The summed E-state index contributed by atoms with van der Waals surface area (Å²) in [5, 5.41) is 4.17. The fourth-order valence-electron chi connectivity index (χ4n) is 2.28. The summed E-state index contributed by atoms with van der Waals surface area (Å²) in [4.78, 5) is 10.2. The molecular formula is C12H18Cl2N4. The molecule has 0 bridgehead atoms. The highest BCUT2D eigenvalue weighted by Gasteiger charge is 2.15. The van der Waals surface area contributed by atoms with Crippen molar-refractivity contribution in [3.8, 4) is 0 Å². The minimum atomic E-state index is 0.195. The van der Waals surface area contributed by atoms with Gasteiger partial charge in [-0.2, -0.15) is 0 Å². The summed E-state index contributed by atoms with van der Waals surface area (Å²) in [5.74, 6) is 0. The lowest BCUT2D eigenvalue weighted by atomic mass is 10.0. The van der Waals surface area contributed by atoms with Gasteiger partial charge in [0.25, 0.3) is 0 Å². The second-order valence-corrected chi connectivity index (χ2v) is 5.49. The van der Waals surface area contributed by atoms with E-state index in [9.17, 15) is 0 Å². The molecule has 1 aromatic rings. The van der Waals surface area contributed by atoms with E-state index >= 15 is 0 Å². The van der Waals surface area contributed by atoms with Crippen molar-refractivity contribution in [1.82, 2.24) is 20.2 Å². The first-order valence-corrected chi connectivity index (χ1v) is 6.99. The Hall–Kier alpha value is -0.420. The summed E-state index contributed by atoms with van der Waals surface area (Å²) >= 11 is 11.7. The first kappa shape index (κ1) is 14.0. The number of nitrogens with zero attached hydrogens (tertiary/aromatic N) is 3. The number of aromatic nitrogens is 2. The van der Waals surface area contributed by atoms with Crippen LogP contribution in [0.5, 0.6) is 0 Å². The van der Waals surface area contributed by atoms with Crippen molar-refractivity contribution in [3.63, 3.8) is 0 Å². The summed E-state index contributed by atoms with van der Waals surface area (Å²) in [6.07, 6.45) is 5.55. The van der Waals surface area contributed by atoms with Gasteiger partial charge in [0.05, 0.1) is 0 Å². The molecule has 1 aliphatic rings. The minimum absolute atomic E-state index is 0.195. The quantitative estimate of drug-likeness (QED) is 0.682. The van der Waals surface area contributed by atoms with Crippen molar-refractivity contribution < 1.29 is 0 Å². The fraction of sp³-hybridized carbons (Fsp3) is 0.667. The molecule has 6 heteroatoms. The summed E-state index contributed by atoms with van der Waals surface area (Å²) in [5.41, 5.74) is 0.916. The number of nitrogens with one attached hydrogen (secondary N) is 1. The lowest BCUT2D eigenvalue weighted by molar-refractivity contribution is 0.256. The van der Waals surface area contributed by atoms with Crippen LogP contribution in [0.15, 0.2) is 6.20 Å². The number of piperidine rings is 1. The molecular weight excluding hydrogens is 271 g/mol. The van der Waals surface area contributed by atoms with Crippen molar-refractivity contribution in [3.05, 3.63) is 22.2 Å². The normalized spacial score (nSPS) is 20.3. The zero-order valence-electron chi connectivity index (χ0n) is 10.5. The van der Waals surface area contributed by atoms with Crippen molar-refractivity contribution in [2.45, 2.75) is 31.8 Å². The Bertz CT molecular complexity index is 394. The maximum absolute atomic E-state index is 6.04. The third-order valence-electron chi connectivity index (χ3n) is 3.17. The van der Waals surface area contributed by atoms with Crippen molar-refractivity contribution in [1.29, 1.82) is 0 Å². The predicted octanol–water partition coefficient (Wildman–Crippen LogP) is 2.36. The molecule has 0 saturated carbocycles. The summed E-state index contributed by atoms with van der Waals surface area (Å²) < 4.78 is 0. The maximum Gasteiger partial charge on any atom is 0.223 e. The molecule has 0 amide bonds. The van der Waals surface area contributed by atoms with Gasteiger partial charge in [-0.25, -0.2) is 9.97 Å². The molecule has 1 fully saturated rings. The molecule has 2 rings (SSSR count). The van der Waals surface area contributed by atoms with E-state index in [1.54, 1.807) is 6.20 Å². The predicted molar refractivity (Wildman–Crippen MR) is 74.0 cm³/mol. The molecule has 1 atom stereocenters. The maximum atomic E-state index is 6.04. The topological polar surface area (TPSA) is 41.1 Å². The molecule has 0 radical (unpaired) electrons.